The van der Waals surface area contributed by atoms with Crippen LogP contribution in [-0.2, 0) is 11.2 Å². The normalized spacial score (nSPS) is 10.3. The Bertz CT molecular complexity index is 341. The minimum absolute atomic E-state index is 0.269. The molecule has 0 heterocycles. The van der Waals surface area contributed by atoms with E-state index in [1.165, 1.54) is 18.4 Å². The summed E-state index contributed by atoms with van der Waals surface area (Å²) in [6.45, 7) is 4.64. The fourth-order valence-electron chi connectivity index (χ4n) is 1.84. The summed E-state index contributed by atoms with van der Waals surface area (Å²) in [6.07, 6.45) is 6.15. The van der Waals surface area contributed by atoms with Crippen LogP contribution < -0.4 is 4.74 Å². The fraction of sp³-hybridized carbons (Fsp3) is 0.562. The van der Waals surface area contributed by atoms with Crippen LogP contribution in [0.5, 0.6) is 5.75 Å². The van der Waals surface area contributed by atoms with E-state index in [2.05, 4.69) is 19.1 Å². The molecule has 1 aromatic carbocycles. The number of Topliss-reactive ketones (excluding diaryl/α,β-unsaturated/α-hetero) is 1. The lowest BCUT2D eigenvalue weighted by molar-refractivity contribution is -0.117. The van der Waals surface area contributed by atoms with Gasteiger partial charge in [0, 0.05) is 6.42 Å². The molecule has 0 radical (unpaired) electrons. The van der Waals surface area contributed by atoms with E-state index < -0.39 is 0 Å². The highest BCUT2D eigenvalue weighted by atomic mass is 16.5. The van der Waals surface area contributed by atoms with Gasteiger partial charge in [-0.25, -0.2) is 0 Å². The average molecular weight is 248 g/mol. The molecule has 0 aromatic heterocycles. The number of carbonyl (C=O) groups is 1. The van der Waals surface area contributed by atoms with Gasteiger partial charge < -0.3 is 9.53 Å². The first-order chi connectivity index (χ1) is 8.72. The first-order valence-corrected chi connectivity index (χ1v) is 6.93. The Hall–Kier alpha value is -1.31. The number of ether oxygens (including phenoxy) is 1. The Balaban J connectivity index is 2.26. The van der Waals surface area contributed by atoms with Crippen LogP contribution in [0.2, 0.25) is 0 Å². The van der Waals surface area contributed by atoms with E-state index in [9.17, 15) is 4.79 Å². The predicted molar refractivity (Wildman–Crippen MR) is 75.1 cm³/mol. The number of rotatable bonds is 9. The first-order valence-electron chi connectivity index (χ1n) is 6.93. The van der Waals surface area contributed by atoms with Crippen molar-refractivity contribution in [2.45, 2.75) is 52.4 Å². The van der Waals surface area contributed by atoms with E-state index in [4.69, 9.17) is 4.74 Å². The maximum absolute atomic E-state index is 10.8. The van der Waals surface area contributed by atoms with E-state index in [-0.39, 0.29) is 5.78 Å². The van der Waals surface area contributed by atoms with E-state index in [0.29, 0.717) is 6.42 Å². The zero-order chi connectivity index (χ0) is 13.2. The topological polar surface area (TPSA) is 26.3 Å². The molecule has 0 atom stereocenters. The molecule has 0 aliphatic carbocycles. The van der Waals surface area contributed by atoms with Crippen molar-refractivity contribution < 1.29 is 9.53 Å². The number of unbranched alkanes of at least 4 members (excludes halogenated alkanes) is 2. The van der Waals surface area contributed by atoms with Crippen LogP contribution in [-0.4, -0.2) is 12.4 Å². The van der Waals surface area contributed by atoms with Crippen molar-refractivity contribution in [2.75, 3.05) is 6.61 Å². The summed E-state index contributed by atoms with van der Waals surface area (Å²) in [7, 11) is 0. The molecule has 0 fully saturated rings. The molecule has 100 valence electrons. The summed E-state index contributed by atoms with van der Waals surface area (Å²) in [6, 6.07) is 8.23. The van der Waals surface area contributed by atoms with Crippen molar-refractivity contribution in [1.29, 1.82) is 0 Å². The molecule has 18 heavy (non-hydrogen) atoms. The monoisotopic (exact) mass is 248 g/mol. The van der Waals surface area contributed by atoms with E-state index >= 15 is 0 Å². The molecular formula is C16H24O2. The molecule has 0 bridgehead atoms. The van der Waals surface area contributed by atoms with Crippen molar-refractivity contribution in [2.24, 2.45) is 0 Å². The minimum Gasteiger partial charge on any atom is -0.494 e. The number of carbonyl (C=O) groups excluding carboxylic acids is 1. The molecule has 2 nitrogen and oxygen atoms in total. The van der Waals surface area contributed by atoms with Crippen LogP contribution in [0.25, 0.3) is 0 Å². The zero-order valence-corrected chi connectivity index (χ0v) is 11.6. The molecule has 2 heteroatoms. The number of benzene rings is 1. The first kappa shape index (κ1) is 14.7. The minimum atomic E-state index is 0.269. The molecule has 1 aromatic rings. The molecule has 0 spiro atoms. The van der Waals surface area contributed by atoms with Crippen LogP contribution in [0.4, 0.5) is 0 Å². The lowest BCUT2D eigenvalue weighted by Crippen LogP contribution is -1.97. The van der Waals surface area contributed by atoms with Gasteiger partial charge in [0.05, 0.1) is 6.61 Å². The second-order valence-corrected chi connectivity index (χ2v) is 4.76. The average Bonchev–Trinajstić information content (AvgIpc) is 2.36. The van der Waals surface area contributed by atoms with Gasteiger partial charge in [0.2, 0.25) is 0 Å². The highest BCUT2D eigenvalue weighted by molar-refractivity contribution is 5.75. The van der Waals surface area contributed by atoms with Gasteiger partial charge in [-0.3, -0.25) is 0 Å². The molecule has 0 N–H and O–H groups in total. The fourth-order valence-corrected chi connectivity index (χ4v) is 1.84. The van der Waals surface area contributed by atoms with Crippen LogP contribution in [0.3, 0.4) is 0 Å². The SMILES string of the molecule is CCCCCOc1ccc(CCCC(C)=O)cc1. The molecule has 0 unspecified atom stereocenters. The maximum atomic E-state index is 10.8. The van der Waals surface area contributed by atoms with Gasteiger partial charge >= 0.3 is 0 Å². The second-order valence-electron chi connectivity index (χ2n) is 4.76. The van der Waals surface area contributed by atoms with Gasteiger partial charge in [0.15, 0.2) is 0 Å². The maximum Gasteiger partial charge on any atom is 0.129 e. The van der Waals surface area contributed by atoms with Crippen molar-refractivity contribution in [3.63, 3.8) is 0 Å². The largest absolute Gasteiger partial charge is 0.494 e. The quantitative estimate of drug-likeness (QED) is 0.613. The highest BCUT2D eigenvalue weighted by Crippen LogP contribution is 2.14. The van der Waals surface area contributed by atoms with Crippen molar-refractivity contribution >= 4 is 5.78 Å². The molecule has 0 amide bonds. The van der Waals surface area contributed by atoms with E-state index in [0.717, 1.165) is 31.6 Å². The Labute approximate surface area is 110 Å². The Morgan fingerprint density at radius 1 is 1.11 bits per heavy atom. The number of hydrogen-bond acceptors (Lipinski definition) is 2. The van der Waals surface area contributed by atoms with Gasteiger partial charge in [0.1, 0.15) is 11.5 Å². The van der Waals surface area contributed by atoms with Gasteiger partial charge in [-0.05, 0) is 43.9 Å². The summed E-state index contributed by atoms with van der Waals surface area (Å²) in [5.74, 6) is 1.22. The summed E-state index contributed by atoms with van der Waals surface area (Å²) in [5.41, 5.74) is 1.28. The summed E-state index contributed by atoms with van der Waals surface area (Å²) < 4.78 is 5.65. The Morgan fingerprint density at radius 3 is 2.44 bits per heavy atom. The van der Waals surface area contributed by atoms with E-state index in [1.54, 1.807) is 6.92 Å². The van der Waals surface area contributed by atoms with Crippen LogP contribution >= 0.6 is 0 Å². The van der Waals surface area contributed by atoms with Crippen LogP contribution in [0.1, 0.15) is 51.5 Å². The molecule has 0 saturated heterocycles. The van der Waals surface area contributed by atoms with Gasteiger partial charge in [-0.1, -0.05) is 31.9 Å². The van der Waals surface area contributed by atoms with Crippen molar-refractivity contribution in [3.8, 4) is 5.75 Å². The van der Waals surface area contributed by atoms with E-state index in [1.807, 2.05) is 12.1 Å². The molecular weight excluding hydrogens is 224 g/mol. The molecule has 0 aliphatic heterocycles. The van der Waals surface area contributed by atoms with Crippen molar-refractivity contribution in [1.82, 2.24) is 0 Å². The Morgan fingerprint density at radius 2 is 1.83 bits per heavy atom. The van der Waals surface area contributed by atoms with Crippen molar-refractivity contribution in [3.05, 3.63) is 29.8 Å². The van der Waals surface area contributed by atoms with Gasteiger partial charge in [-0.15, -0.1) is 0 Å². The van der Waals surface area contributed by atoms with Gasteiger partial charge in [0.25, 0.3) is 0 Å². The summed E-state index contributed by atoms with van der Waals surface area (Å²) >= 11 is 0. The van der Waals surface area contributed by atoms with Crippen LogP contribution in [0, 0.1) is 0 Å². The lowest BCUT2D eigenvalue weighted by Gasteiger charge is -2.06. The third kappa shape index (κ3) is 6.43. The third-order valence-corrected chi connectivity index (χ3v) is 2.93. The highest BCUT2D eigenvalue weighted by Gasteiger charge is 1.98. The number of aryl methyl sites for hydroxylation is 1. The smallest absolute Gasteiger partial charge is 0.129 e. The number of hydrogen-bond donors (Lipinski definition) is 0. The lowest BCUT2D eigenvalue weighted by atomic mass is 10.1. The summed E-state index contributed by atoms with van der Waals surface area (Å²) in [5, 5.41) is 0. The van der Waals surface area contributed by atoms with Crippen LogP contribution in [0.15, 0.2) is 24.3 Å². The predicted octanol–water partition coefficient (Wildman–Crippen LogP) is 4.17. The molecule has 0 saturated carbocycles. The number of ketones is 1. The molecule has 1 rings (SSSR count). The Kier molecular flexibility index (Phi) is 7.16. The third-order valence-electron chi connectivity index (χ3n) is 2.93. The zero-order valence-electron chi connectivity index (χ0n) is 11.6. The standard InChI is InChI=1S/C16H24O2/c1-3-4-5-13-18-16-11-9-15(10-12-16)8-6-7-14(2)17/h9-12H,3-8,13H2,1-2H3. The van der Waals surface area contributed by atoms with Gasteiger partial charge in [-0.2, -0.15) is 0 Å². The summed E-state index contributed by atoms with van der Waals surface area (Å²) in [4.78, 5) is 10.8. The second kappa shape index (κ2) is 8.73. The molecule has 0 aliphatic rings.